The molecule has 0 spiro atoms. The molecule has 462 valence electrons. The van der Waals surface area contributed by atoms with Gasteiger partial charge in [0.2, 0.25) is 0 Å². The summed E-state index contributed by atoms with van der Waals surface area (Å²) in [4.78, 5) is 35.8. The SMILES string of the molecule is CC/C=C\C/C=C\C/C=C\C/C=C\C/C=C\C/C=C\C/C=C\C/C=C\CCCCCCCCCCCCC(=O)OC(COC(=O)CCCCCC/C=C\C/C=C\C/C=C\C/C=C\C/C=C\C/C=C\CC)COP(=O)(O)OCC[N+](C)(C)C. The zero-order valence-electron chi connectivity index (χ0n) is 52.4. The summed E-state index contributed by atoms with van der Waals surface area (Å²) in [5.74, 6) is -0.844. The van der Waals surface area contributed by atoms with Crippen LogP contribution in [0.4, 0.5) is 0 Å². The van der Waals surface area contributed by atoms with Crippen molar-refractivity contribution in [3.8, 4) is 0 Å². The highest BCUT2D eigenvalue weighted by molar-refractivity contribution is 7.47. The van der Waals surface area contributed by atoms with Gasteiger partial charge in [-0.25, -0.2) is 4.57 Å². The maximum absolute atomic E-state index is 12.9. The third-order valence-electron chi connectivity index (χ3n) is 12.7. The Morgan fingerprint density at radius 2 is 0.659 bits per heavy atom. The largest absolute Gasteiger partial charge is 0.472 e. The van der Waals surface area contributed by atoms with Crippen molar-refractivity contribution in [2.24, 2.45) is 0 Å². The van der Waals surface area contributed by atoms with Crippen LogP contribution in [-0.2, 0) is 32.7 Å². The number of unbranched alkanes of at least 4 members (excludes halogenated alkanes) is 14. The number of hydrogen-bond acceptors (Lipinski definition) is 7. The summed E-state index contributed by atoms with van der Waals surface area (Å²) in [6.07, 6.45) is 92.9. The number of phosphoric acid groups is 1. The molecule has 0 saturated heterocycles. The normalized spacial score (nSPS) is 14.4. The minimum atomic E-state index is -4.41. The van der Waals surface area contributed by atoms with Gasteiger partial charge in [-0.1, -0.05) is 248 Å². The van der Waals surface area contributed by atoms with E-state index in [4.69, 9.17) is 18.5 Å². The second-order valence-corrected chi connectivity index (χ2v) is 23.1. The smallest absolute Gasteiger partial charge is 0.462 e. The first-order valence-electron chi connectivity index (χ1n) is 31.9. The molecule has 2 unspecified atom stereocenters. The molecule has 0 bridgehead atoms. The summed E-state index contributed by atoms with van der Waals surface area (Å²) >= 11 is 0. The molecule has 0 radical (unpaired) electrons. The minimum absolute atomic E-state index is 0.0166. The van der Waals surface area contributed by atoms with Crippen LogP contribution in [-0.4, -0.2) is 74.9 Å². The van der Waals surface area contributed by atoms with Crippen molar-refractivity contribution in [2.45, 2.75) is 225 Å². The minimum Gasteiger partial charge on any atom is -0.462 e. The van der Waals surface area contributed by atoms with Crippen molar-refractivity contribution in [3.05, 3.63) is 170 Å². The Morgan fingerprint density at radius 1 is 0.378 bits per heavy atom. The lowest BCUT2D eigenvalue weighted by Gasteiger charge is -2.24. The monoisotopic (exact) mass is 1150 g/mol. The van der Waals surface area contributed by atoms with E-state index in [9.17, 15) is 19.0 Å². The van der Waals surface area contributed by atoms with E-state index in [1.165, 1.54) is 38.5 Å². The standard InChI is InChI=1S/C72H116NO8P/c1-6-8-10-12-14-16-18-20-22-24-26-28-30-31-32-33-34-35-36-37-38-39-40-41-43-45-47-49-51-53-55-57-59-61-63-65-72(75)81-70(69-80-82(76,77)79-67-66-73(3,4)5)68-78-71(74)64-62-60-58-56-54-52-50-48-46-44-42-29-27-25-23-21-19-17-15-13-11-9-7-2/h8-11,14-17,20-23,26-29,31-32,34-35,37-38,40-41,44,46,50,52,70H,6-7,12-13,18-19,24-25,30,33,36,39,42-43,45,47-49,51,53-69H2,1-5H3/p+1/b10-8-,11-9-,16-14-,17-15-,22-20-,23-21-,28-26-,29-27-,32-31-,35-34-,38-37-,41-40-,46-44-,52-50-. The van der Waals surface area contributed by atoms with Crippen LogP contribution in [0.5, 0.6) is 0 Å². The van der Waals surface area contributed by atoms with Gasteiger partial charge in [0.15, 0.2) is 6.10 Å². The topological polar surface area (TPSA) is 108 Å². The number of allylic oxidation sites excluding steroid dienone is 28. The Labute approximate surface area is 502 Å². The predicted octanol–water partition coefficient (Wildman–Crippen LogP) is 20.6. The van der Waals surface area contributed by atoms with Gasteiger partial charge in [-0.3, -0.25) is 18.6 Å². The second-order valence-electron chi connectivity index (χ2n) is 21.7. The highest BCUT2D eigenvalue weighted by atomic mass is 31.2. The van der Waals surface area contributed by atoms with Crippen LogP contribution in [0.3, 0.4) is 0 Å². The Bertz CT molecular complexity index is 1990. The fraction of sp³-hybridized carbons (Fsp3) is 0.583. The summed E-state index contributed by atoms with van der Waals surface area (Å²) in [6, 6.07) is 0. The number of likely N-dealkylation sites (N-methyl/N-ethyl adjacent to an activating group) is 1. The van der Waals surface area contributed by atoms with E-state index >= 15 is 0 Å². The number of hydrogen-bond donors (Lipinski definition) is 1. The Kier molecular flexibility index (Phi) is 57.5. The maximum atomic E-state index is 12.9. The van der Waals surface area contributed by atoms with Crippen molar-refractivity contribution in [2.75, 3.05) is 47.5 Å². The first-order valence-corrected chi connectivity index (χ1v) is 33.4. The molecule has 0 aliphatic rings. The van der Waals surface area contributed by atoms with Gasteiger partial charge >= 0.3 is 19.8 Å². The second kappa shape index (κ2) is 60.9. The van der Waals surface area contributed by atoms with Crippen molar-refractivity contribution in [1.82, 2.24) is 0 Å². The molecule has 9 nitrogen and oxygen atoms in total. The van der Waals surface area contributed by atoms with Crippen LogP contribution in [0.1, 0.15) is 219 Å². The molecule has 0 saturated carbocycles. The van der Waals surface area contributed by atoms with Crippen molar-refractivity contribution >= 4 is 19.8 Å². The lowest BCUT2D eigenvalue weighted by atomic mass is 10.0. The van der Waals surface area contributed by atoms with E-state index in [2.05, 4.69) is 184 Å². The molecule has 0 heterocycles. The fourth-order valence-electron chi connectivity index (χ4n) is 7.92. The summed E-state index contributed by atoms with van der Waals surface area (Å²) in [6.45, 7) is 4.15. The number of carbonyl (C=O) groups is 2. The third-order valence-corrected chi connectivity index (χ3v) is 13.7. The van der Waals surface area contributed by atoms with Crippen molar-refractivity contribution in [1.29, 1.82) is 0 Å². The van der Waals surface area contributed by atoms with Crippen molar-refractivity contribution < 1.29 is 42.1 Å². The number of phosphoric ester groups is 1. The lowest BCUT2D eigenvalue weighted by molar-refractivity contribution is -0.870. The summed E-state index contributed by atoms with van der Waals surface area (Å²) in [5, 5.41) is 0. The molecule has 0 aliphatic heterocycles. The van der Waals surface area contributed by atoms with Gasteiger partial charge in [-0.05, 0) is 128 Å². The fourth-order valence-corrected chi connectivity index (χ4v) is 8.66. The zero-order valence-corrected chi connectivity index (χ0v) is 53.3. The molecule has 0 fully saturated rings. The van der Waals surface area contributed by atoms with Gasteiger partial charge in [-0.2, -0.15) is 0 Å². The molecule has 0 rings (SSSR count). The first kappa shape index (κ1) is 77.4. The number of quaternary nitrogens is 1. The Hall–Kier alpha value is -4.63. The number of ether oxygens (including phenoxy) is 2. The Balaban J connectivity index is 4.21. The Morgan fingerprint density at radius 3 is 0.976 bits per heavy atom. The molecule has 0 aromatic rings. The van der Waals surface area contributed by atoms with E-state index in [0.717, 1.165) is 141 Å². The summed E-state index contributed by atoms with van der Waals surface area (Å²) in [7, 11) is 1.43. The molecule has 2 atom stereocenters. The van der Waals surface area contributed by atoms with Crippen LogP contribution in [0.2, 0.25) is 0 Å². The maximum Gasteiger partial charge on any atom is 0.472 e. The molecule has 0 aromatic heterocycles. The molecule has 10 heteroatoms. The molecule has 0 aromatic carbocycles. The van der Waals surface area contributed by atoms with Crippen LogP contribution in [0.15, 0.2) is 170 Å². The van der Waals surface area contributed by atoms with Gasteiger partial charge < -0.3 is 18.9 Å². The number of esters is 2. The van der Waals surface area contributed by atoms with E-state index < -0.39 is 32.5 Å². The first-order chi connectivity index (χ1) is 40.0. The molecule has 0 aliphatic carbocycles. The quantitative estimate of drug-likeness (QED) is 0.0211. The van der Waals surface area contributed by atoms with Crippen LogP contribution >= 0.6 is 7.82 Å². The van der Waals surface area contributed by atoms with Crippen LogP contribution in [0.25, 0.3) is 0 Å². The summed E-state index contributed by atoms with van der Waals surface area (Å²) < 4.78 is 34.6. The zero-order chi connectivity index (χ0) is 59.8. The van der Waals surface area contributed by atoms with E-state index in [1.54, 1.807) is 0 Å². The molecular weight excluding hydrogens is 1040 g/mol. The molecular formula is C72H117NO8P+. The van der Waals surface area contributed by atoms with E-state index in [1.807, 2.05) is 21.1 Å². The van der Waals surface area contributed by atoms with Crippen molar-refractivity contribution in [3.63, 3.8) is 0 Å². The summed E-state index contributed by atoms with van der Waals surface area (Å²) in [5.41, 5.74) is 0. The van der Waals surface area contributed by atoms with Gasteiger partial charge in [0.05, 0.1) is 27.7 Å². The van der Waals surface area contributed by atoms with Crippen LogP contribution in [0, 0.1) is 0 Å². The van der Waals surface area contributed by atoms with Gasteiger partial charge in [-0.15, -0.1) is 0 Å². The molecule has 0 amide bonds. The average Bonchev–Trinajstić information content (AvgIpc) is 3.45. The highest BCUT2D eigenvalue weighted by Crippen LogP contribution is 2.43. The van der Waals surface area contributed by atoms with E-state index in [0.29, 0.717) is 23.9 Å². The lowest BCUT2D eigenvalue weighted by Crippen LogP contribution is -2.37. The number of carbonyl (C=O) groups excluding carboxylic acids is 2. The molecule has 1 N–H and O–H groups in total. The average molecular weight is 1160 g/mol. The predicted molar refractivity (Wildman–Crippen MR) is 353 cm³/mol. The van der Waals surface area contributed by atoms with Gasteiger partial charge in [0.1, 0.15) is 19.8 Å². The van der Waals surface area contributed by atoms with Crippen LogP contribution < -0.4 is 0 Å². The van der Waals surface area contributed by atoms with Gasteiger partial charge in [0.25, 0.3) is 0 Å². The van der Waals surface area contributed by atoms with Gasteiger partial charge in [0, 0.05) is 12.8 Å². The number of rotatable bonds is 56. The number of nitrogens with zero attached hydrogens (tertiary/aromatic N) is 1. The van der Waals surface area contributed by atoms with E-state index in [-0.39, 0.29) is 26.1 Å². The highest BCUT2D eigenvalue weighted by Gasteiger charge is 2.27. The molecule has 82 heavy (non-hydrogen) atoms. The third kappa shape index (κ3) is 64.5.